The zero-order valence-electron chi connectivity index (χ0n) is 31.9. The number of nitrogens with zero attached hydrogens (tertiary/aromatic N) is 2. The van der Waals surface area contributed by atoms with Gasteiger partial charge in [-0.1, -0.05) is 99.9 Å². The first kappa shape index (κ1) is 37.0. The van der Waals surface area contributed by atoms with Gasteiger partial charge in [-0.15, -0.1) is 0 Å². The average molecular weight is 822 g/mol. The second-order valence-corrected chi connectivity index (χ2v) is 15.3. The highest BCUT2D eigenvalue weighted by Gasteiger charge is 2.18. The Hall–Kier alpha value is -6.58. The molecule has 0 saturated carbocycles. The van der Waals surface area contributed by atoms with E-state index in [4.69, 9.17) is 8.83 Å². The van der Waals surface area contributed by atoms with E-state index in [9.17, 15) is 10.0 Å². The average Bonchev–Trinajstić information content (AvgIpc) is 3.80. The Morgan fingerprint density at radius 1 is 0.397 bits per heavy atom. The Bertz CT molecular complexity index is 3020. The fourth-order valence-corrected chi connectivity index (χ4v) is 7.74. The number of hydrogen-bond donors (Lipinski definition) is 2. The first-order chi connectivity index (χ1) is 28.3. The molecular weight excluding hydrogens is 783 g/mol. The van der Waals surface area contributed by atoms with Crippen molar-refractivity contribution in [2.45, 2.75) is 13.8 Å². The maximum absolute atomic E-state index is 9.45. The van der Waals surface area contributed by atoms with Gasteiger partial charge in [0.1, 0.15) is 22.3 Å². The van der Waals surface area contributed by atoms with Crippen LogP contribution in [0.2, 0.25) is 0 Å². The van der Waals surface area contributed by atoms with Gasteiger partial charge in [-0.05, 0) is 116 Å². The van der Waals surface area contributed by atoms with Crippen LogP contribution in [0.4, 0.5) is 34.1 Å². The van der Waals surface area contributed by atoms with Gasteiger partial charge in [-0.2, -0.15) is 0 Å². The molecule has 0 bridgehead atoms. The van der Waals surface area contributed by atoms with Crippen LogP contribution >= 0.6 is 15.9 Å². The van der Waals surface area contributed by atoms with Crippen LogP contribution in [-0.4, -0.2) is 17.2 Å². The minimum absolute atomic E-state index is 0.410. The topological polar surface area (TPSA) is 73.2 Å². The molecule has 0 saturated heterocycles. The number of para-hydroxylation sites is 2. The summed E-state index contributed by atoms with van der Waals surface area (Å²) >= 11 is 3.53. The normalized spacial score (nSPS) is 11.2. The fraction of sp³-hybridized carbons (Fsp3) is 0.0400. The Morgan fingerprint density at radius 3 is 1.21 bits per heavy atom. The van der Waals surface area contributed by atoms with Crippen molar-refractivity contribution in [3.63, 3.8) is 0 Å². The van der Waals surface area contributed by atoms with Gasteiger partial charge in [-0.3, -0.25) is 0 Å². The van der Waals surface area contributed by atoms with Crippen molar-refractivity contribution in [3.8, 4) is 0 Å². The van der Waals surface area contributed by atoms with Gasteiger partial charge >= 0.3 is 7.12 Å². The molecule has 0 aliphatic heterocycles. The number of halogens is 1. The standard InChI is InChI=1S/C25H20BNO3.C25H18BrNO/c1-17-7-10-20(11-8-17)27(19-5-3-2-4-6-19)21-12-14-23-22-13-9-18(26(28)29)15-24(22)30-25(23)16-21;1-17-7-10-20(11-8-17)27(19-5-3-2-4-6-19)21-12-14-23-22-13-9-18(26)15-24(22)28-25(23)16-21/h2-16,28-29H,1H3;2-16H,1H3. The van der Waals surface area contributed by atoms with Gasteiger partial charge in [0.2, 0.25) is 0 Å². The number of rotatable bonds is 7. The quantitative estimate of drug-likeness (QED) is 0.156. The maximum Gasteiger partial charge on any atom is 0.488 e. The molecule has 0 amide bonds. The molecule has 0 aliphatic rings. The summed E-state index contributed by atoms with van der Waals surface area (Å²) in [7, 11) is -1.52. The third kappa shape index (κ3) is 7.37. The lowest BCUT2D eigenvalue weighted by molar-refractivity contribution is 0.425. The van der Waals surface area contributed by atoms with Gasteiger partial charge in [-0.25, -0.2) is 0 Å². The van der Waals surface area contributed by atoms with Crippen LogP contribution in [0.15, 0.2) is 195 Å². The van der Waals surface area contributed by atoms with Crippen molar-refractivity contribution in [3.05, 3.63) is 198 Å². The molecule has 0 spiro atoms. The summed E-state index contributed by atoms with van der Waals surface area (Å²) in [5.74, 6) is 0. The summed E-state index contributed by atoms with van der Waals surface area (Å²) in [6.45, 7) is 4.18. The van der Waals surface area contributed by atoms with E-state index in [1.807, 2.05) is 48.5 Å². The molecule has 2 heterocycles. The van der Waals surface area contributed by atoms with E-state index in [0.717, 1.165) is 76.9 Å². The molecule has 8 heteroatoms. The number of anilines is 6. The predicted octanol–water partition coefficient (Wildman–Crippen LogP) is 13.2. The second kappa shape index (κ2) is 15.8. The minimum Gasteiger partial charge on any atom is -0.456 e. The van der Waals surface area contributed by atoms with E-state index < -0.39 is 7.12 Å². The first-order valence-corrected chi connectivity index (χ1v) is 19.9. The van der Waals surface area contributed by atoms with Crippen LogP contribution in [0.25, 0.3) is 43.9 Å². The summed E-state index contributed by atoms with van der Waals surface area (Å²) in [4.78, 5) is 4.44. The lowest BCUT2D eigenvalue weighted by Gasteiger charge is -2.25. The molecule has 0 fully saturated rings. The van der Waals surface area contributed by atoms with Crippen molar-refractivity contribution in [1.29, 1.82) is 0 Å². The van der Waals surface area contributed by atoms with E-state index in [-0.39, 0.29) is 0 Å². The van der Waals surface area contributed by atoms with Crippen LogP contribution in [0.5, 0.6) is 0 Å². The van der Waals surface area contributed by atoms with E-state index in [2.05, 4.69) is 161 Å². The molecule has 282 valence electrons. The van der Waals surface area contributed by atoms with Gasteiger partial charge in [0.05, 0.1) is 0 Å². The number of fused-ring (bicyclic) bond motifs is 6. The van der Waals surface area contributed by atoms with E-state index in [1.54, 1.807) is 12.1 Å². The van der Waals surface area contributed by atoms with Crippen molar-refractivity contribution in [1.82, 2.24) is 0 Å². The minimum atomic E-state index is -1.52. The summed E-state index contributed by atoms with van der Waals surface area (Å²) < 4.78 is 13.3. The summed E-state index contributed by atoms with van der Waals surface area (Å²) in [5.41, 5.74) is 12.4. The fourth-order valence-electron chi connectivity index (χ4n) is 7.40. The van der Waals surface area contributed by atoms with Crippen LogP contribution in [0, 0.1) is 13.8 Å². The first-order valence-electron chi connectivity index (χ1n) is 19.1. The largest absolute Gasteiger partial charge is 0.488 e. The molecule has 0 radical (unpaired) electrons. The van der Waals surface area contributed by atoms with Gasteiger partial charge in [0.15, 0.2) is 0 Å². The number of furan rings is 2. The number of hydrogen-bond acceptors (Lipinski definition) is 6. The molecular formula is C50H38BBrN2O4. The maximum atomic E-state index is 9.45. The Labute approximate surface area is 345 Å². The van der Waals surface area contributed by atoms with E-state index in [0.29, 0.717) is 11.0 Å². The molecule has 6 nitrogen and oxygen atoms in total. The second-order valence-electron chi connectivity index (χ2n) is 14.3. The molecule has 2 N–H and O–H groups in total. The molecule has 8 aromatic carbocycles. The summed E-state index contributed by atoms with van der Waals surface area (Å²) in [6.07, 6.45) is 0. The van der Waals surface area contributed by atoms with Crippen molar-refractivity contribution in [2.75, 3.05) is 9.80 Å². The molecule has 0 aliphatic carbocycles. The number of benzene rings is 8. The summed E-state index contributed by atoms with van der Waals surface area (Å²) in [6, 6.07) is 61.7. The molecule has 58 heavy (non-hydrogen) atoms. The Kier molecular flexibility index (Phi) is 10.1. The third-order valence-electron chi connectivity index (χ3n) is 10.3. The zero-order valence-corrected chi connectivity index (χ0v) is 33.5. The van der Waals surface area contributed by atoms with Crippen LogP contribution in [0.3, 0.4) is 0 Å². The zero-order chi connectivity index (χ0) is 39.8. The molecule has 2 aromatic heterocycles. The summed E-state index contributed by atoms with van der Waals surface area (Å²) in [5, 5.41) is 23.1. The highest BCUT2D eigenvalue weighted by atomic mass is 79.9. The Balaban J connectivity index is 0.000000151. The molecule has 0 atom stereocenters. The molecule has 10 rings (SSSR count). The van der Waals surface area contributed by atoms with Gasteiger partial charge in [0.25, 0.3) is 0 Å². The monoisotopic (exact) mass is 820 g/mol. The lowest BCUT2D eigenvalue weighted by atomic mass is 9.80. The van der Waals surface area contributed by atoms with Crippen LogP contribution in [0.1, 0.15) is 11.1 Å². The van der Waals surface area contributed by atoms with Crippen LogP contribution < -0.4 is 15.3 Å². The van der Waals surface area contributed by atoms with Crippen molar-refractivity contribution in [2.24, 2.45) is 0 Å². The number of aryl methyl sites for hydroxylation is 2. The molecule has 0 unspecified atom stereocenters. The van der Waals surface area contributed by atoms with Crippen LogP contribution in [-0.2, 0) is 0 Å². The Morgan fingerprint density at radius 2 is 0.759 bits per heavy atom. The van der Waals surface area contributed by atoms with Crippen molar-refractivity contribution < 1.29 is 18.9 Å². The van der Waals surface area contributed by atoms with E-state index >= 15 is 0 Å². The van der Waals surface area contributed by atoms with Gasteiger partial charge in [0, 0.05) is 72.3 Å². The predicted molar refractivity (Wildman–Crippen MR) is 244 cm³/mol. The lowest BCUT2D eigenvalue weighted by Crippen LogP contribution is -2.29. The SMILES string of the molecule is Cc1ccc(N(c2ccccc2)c2ccc3c(c2)oc2cc(B(O)O)ccc23)cc1.Cc1ccc(N(c2ccccc2)c2ccc3c(c2)oc2cc(Br)ccc23)cc1. The highest BCUT2D eigenvalue weighted by molar-refractivity contribution is 9.10. The highest BCUT2D eigenvalue weighted by Crippen LogP contribution is 2.40. The third-order valence-corrected chi connectivity index (χ3v) is 10.8. The van der Waals surface area contributed by atoms with Crippen molar-refractivity contribution >= 4 is 107 Å². The van der Waals surface area contributed by atoms with E-state index in [1.165, 1.54) is 11.1 Å². The molecule has 10 aromatic rings. The smallest absolute Gasteiger partial charge is 0.456 e. The van der Waals surface area contributed by atoms with Gasteiger partial charge < -0.3 is 28.7 Å².